The Kier molecular flexibility index (Phi) is 4.84. The lowest BCUT2D eigenvalue weighted by atomic mass is 10.1. The minimum atomic E-state index is 0.0654. The van der Waals surface area contributed by atoms with Crippen LogP contribution in [0.2, 0.25) is 0 Å². The summed E-state index contributed by atoms with van der Waals surface area (Å²) in [7, 11) is 0. The first-order chi connectivity index (χ1) is 10.7. The minimum Gasteiger partial charge on any atom is -0.354 e. The molecular weight excluding hydrogens is 298 g/mol. The summed E-state index contributed by atoms with van der Waals surface area (Å²) in [6, 6.07) is 2.57. The SMILES string of the molecule is C[C@@H](CNC(=O)CCn1cncn1)N1CCc2sccc2C1. The second kappa shape index (κ2) is 7.02. The molecule has 0 unspecified atom stereocenters. The number of nitrogens with one attached hydrogen (secondary N) is 1. The van der Waals surface area contributed by atoms with Gasteiger partial charge in [-0.15, -0.1) is 11.3 Å². The van der Waals surface area contributed by atoms with Gasteiger partial charge in [0.1, 0.15) is 12.7 Å². The molecule has 0 saturated carbocycles. The summed E-state index contributed by atoms with van der Waals surface area (Å²) in [5, 5.41) is 9.18. The van der Waals surface area contributed by atoms with Crippen molar-refractivity contribution in [3.8, 4) is 0 Å². The summed E-state index contributed by atoms with van der Waals surface area (Å²) >= 11 is 1.85. The van der Waals surface area contributed by atoms with E-state index >= 15 is 0 Å². The molecule has 22 heavy (non-hydrogen) atoms. The molecule has 1 aliphatic heterocycles. The topological polar surface area (TPSA) is 63.1 Å². The molecule has 0 fully saturated rings. The Balaban J connectivity index is 1.40. The zero-order chi connectivity index (χ0) is 15.4. The van der Waals surface area contributed by atoms with E-state index in [1.165, 1.54) is 16.8 Å². The largest absolute Gasteiger partial charge is 0.354 e. The first-order valence-corrected chi connectivity index (χ1v) is 8.49. The number of carbonyl (C=O) groups excluding carboxylic acids is 1. The van der Waals surface area contributed by atoms with Crippen LogP contribution >= 0.6 is 11.3 Å². The normalized spacial score (nSPS) is 16.2. The van der Waals surface area contributed by atoms with E-state index in [0.717, 1.165) is 19.5 Å². The predicted molar refractivity (Wildman–Crippen MR) is 85.5 cm³/mol. The quantitative estimate of drug-likeness (QED) is 0.871. The van der Waals surface area contributed by atoms with Gasteiger partial charge >= 0.3 is 0 Å². The van der Waals surface area contributed by atoms with Crippen molar-refractivity contribution in [1.82, 2.24) is 25.0 Å². The molecule has 1 atom stereocenters. The lowest BCUT2D eigenvalue weighted by molar-refractivity contribution is -0.121. The standard InChI is InChI=1S/C15H21N5OS/c1-12(19-5-2-14-13(9-19)4-7-22-14)8-17-15(21)3-6-20-11-16-10-18-20/h4,7,10-12H,2-3,5-6,8-9H2,1H3,(H,17,21)/t12-/m0/s1. The molecule has 0 bridgehead atoms. The molecule has 1 N–H and O–H groups in total. The van der Waals surface area contributed by atoms with Gasteiger partial charge in [-0.25, -0.2) is 4.98 Å². The number of fused-ring (bicyclic) bond motifs is 1. The van der Waals surface area contributed by atoms with Crippen molar-refractivity contribution < 1.29 is 4.79 Å². The number of hydrogen-bond acceptors (Lipinski definition) is 5. The van der Waals surface area contributed by atoms with Crippen LogP contribution in [0.4, 0.5) is 0 Å². The van der Waals surface area contributed by atoms with Gasteiger partial charge in [-0.3, -0.25) is 14.4 Å². The van der Waals surface area contributed by atoms with Gasteiger partial charge in [-0.2, -0.15) is 5.10 Å². The smallest absolute Gasteiger partial charge is 0.221 e. The Labute approximate surface area is 134 Å². The molecule has 2 aromatic rings. The highest BCUT2D eigenvalue weighted by Gasteiger charge is 2.21. The molecule has 0 saturated heterocycles. The Morgan fingerprint density at radius 2 is 2.45 bits per heavy atom. The van der Waals surface area contributed by atoms with Crippen LogP contribution in [-0.2, 0) is 24.3 Å². The number of carbonyl (C=O) groups is 1. The van der Waals surface area contributed by atoms with Crippen molar-refractivity contribution in [2.75, 3.05) is 13.1 Å². The van der Waals surface area contributed by atoms with Gasteiger partial charge < -0.3 is 5.32 Å². The Morgan fingerprint density at radius 3 is 3.27 bits per heavy atom. The van der Waals surface area contributed by atoms with Crippen LogP contribution in [0.3, 0.4) is 0 Å². The molecule has 118 valence electrons. The van der Waals surface area contributed by atoms with Gasteiger partial charge in [-0.05, 0) is 30.4 Å². The highest BCUT2D eigenvalue weighted by atomic mass is 32.1. The maximum Gasteiger partial charge on any atom is 0.221 e. The summed E-state index contributed by atoms with van der Waals surface area (Å²) in [6.45, 7) is 5.51. The fourth-order valence-electron chi connectivity index (χ4n) is 2.69. The van der Waals surface area contributed by atoms with E-state index in [9.17, 15) is 4.79 Å². The van der Waals surface area contributed by atoms with Gasteiger partial charge in [0.15, 0.2) is 0 Å². The van der Waals surface area contributed by atoms with Crippen LogP contribution in [0, 0.1) is 0 Å². The number of hydrogen-bond donors (Lipinski definition) is 1. The third-order valence-corrected chi connectivity index (χ3v) is 5.11. The monoisotopic (exact) mass is 319 g/mol. The third-order valence-electron chi connectivity index (χ3n) is 4.09. The number of rotatable bonds is 6. The Hall–Kier alpha value is -1.73. The van der Waals surface area contributed by atoms with Crippen molar-refractivity contribution in [3.63, 3.8) is 0 Å². The van der Waals surface area contributed by atoms with E-state index < -0.39 is 0 Å². The number of aryl methyl sites for hydroxylation is 1. The molecule has 2 aromatic heterocycles. The molecular formula is C15H21N5OS. The van der Waals surface area contributed by atoms with Crippen LogP contribution in [-0.4, -0.2) is 44.7 Å². The number of nitrogens with zero attached hydrogens (tertiary/aromatic N) is 4. The van der Waals surface area contributed by atoms with Crippen LogP contribution in [0.25, 0.3) is 0 Å². The van der Waals surface area contributed by atoms with E-state index in [1.54, 1.807) is 11.0 Å². The van der Waals surface area contributed by atoms with Gasteiger partial charge in [0, 0.05) is 37.0 Å². The summed E-state index contributed by atoms with van der Waals surface area (Å²) in [5.41, 5.74) is 1.45. The molecule has 1 amide bonds. The fourth-order valence-corrected chi connectivity index (χ4v) is 3.58. The number of thiophene rings is 1. The first kappa shape index (κ1) is 15.2. The Bertz CT molecular complexity index is 609. The van der Waals surface area contributed by atoms with Gasteiger partial charge in [0.2, 0.25) is 5.91 Å². The van der Waals surface area contributed by atoms with Gasteiger partial charge in [0.25, 0.3) is 0 Å². The molecule has 0 aliphatic carbocycles. The van der Waals surface area contributed by atoms with Crippen molar-refractivity contribution in [1.29, 1.82) is 0 Å². The fraction of sp³-hybridized carbons (Fsp3) is 0.533. The zero-order valence-electron chi connectivity index (χ0n) is 12.7. The molecule has 3 heterocycles. The molecule has 7 heteroatoms. The molecule has 0 spiro atoms. The minimum absolute atomic E-state index is 0.0654. The lowest BCUT2D eigenvalue weighted by Gasteiger charge is -2.32. The molecule has 6 nitrogen and oxygen atoms in total. The number of amides is 1. The summed E-state index contributed by atoms with van der Waals surface area (Å²) in [4.78, 5) is 19.7. The lowest BCUT2D eigenvalue weighted by Crippen LogP contribution is -2.44. The van der Waals surface area contributed by atoms with Crippen molar-refractivity contribution >= 4 is 17.2 Å². The second-order valence-corrected chi connectivity index (χ2v) is 6.65. The van der Waals surface area contributed by atoms with E-state index in [4.69, 9.17) is 0 Å². The molecule has 0 radical (unpaired) electrons. The van der Waals surface area contributed by atoms with Crippen molar-refractivity contribution in [2.24, 2.45) is 0 Å². The first-order valence-electron chi connectivity index (χ1n) is 7.61. The van der Waals surface area contributed by atoms with Crippen LogP contribution in [0.5, 0.6) is 0 Å². The zero-order valence-corrected chi connectivity index (χ0v) is 13.6. The maximum atomic E-state index is 11.9. The molecule has 0 aromatic carbocycles. The molecule has 1 aliphatic rings. The Morgan fingerprint density at radius 1 is 1.55 bits per heavy atom. The van der Waals surface area contributed by atoms with Crippen molar-refractivity contribution in [3.05, 3.63) is 34.5 Å². The summed E-state index contributed by atoms with van der Waals surface area (Å²) in [6.07, 6.45) is 4.67. The van der Waals surface area contributed by atoms with Gasteiger partial charge in [0.05, 0.1) is 6.54 Å². The average molecular weight is 319 g/mol. The second-order valence-electron chi connectivity index (χ2n) is 5.65. The summed E-state index contributed by atoms with van der Waals surface area (Å²) in [5.74, 6) is 0.0654. The maximum absolute atomic E-state index is 11.9. The van der Waals surface area contributed by atoms with Gasteiger partial charge in [-0.1, -0.05) is 0 Å². The van der Waals surface area contributed by atoms with E-state index in [0.29, 0.717) is 25.6 Å². The van der Waals surface area contributed by atoms with Crippen LogP contribution in [0.1, 0.15) is 23.8 Å². The van der Waals surface area contributed by atoms with Crippen molar-refractivity contribution in [2.45, 2.75) is 38.9 Å². The van der Waals surface area contributed by atoms with E-state index in [1.807, 2.05) is 11.3 Å². The van der Waals surface area contributed by atoms with E-state index in [-0.39, 0.29) is 5.91 Å². The third kappa shape index (κ3) is 3.72. The van der Waals surface area contributed by atoms with Crippen LogP contribution < -0.4 is 5.32 Å². The average Bonchev–Trinajstić information content (AvgIpc) is 3.20. The summed E-state index contributed by atoms with van der Waals surface area (Å²) < 4.78 is 1.67. The van der Waals surface area contributed by atoms with Crippen LogP contribution in [0.15, 0.2) is 24.1 Å². The van der Waals surface area contributed by atoms with E-state index in [2.05, 4.69) is 38.7 Å². The predicted octanol–water partition coefficient (Wildman–Crippen LogP) is 1.29. The molecule has 3 rings (SSSR count). The highest BCUT2D eigenvalue weighted by Crippen LogP contribution is 2.24. The highest BCUT2D eigenvalue weighted by molar-refractivity contribution is 7.10. The number of aromatic nitrogens is 3.